The van der Waals surface area contributed by atoms with Gasteiger partial charge < -0.3 is 0 Å². The Hall–Kier alpha value is -0.210. The Morgan fingerprint density at radius 2 is 2.45 bits per heavy atom. The lowest BCUT2D eigenvalue weighted by Crippen LogP contribution is -2.14. The third kappa shape index (κ3) is 1.37. The molecule has 0 N–H and O–H groups in total. The van der Waals surface area contributed by atoms with Crippen LogP contribution in [0.1, 0.15) is 6.92 Å². The van der Waals surface area contributed by atoms with Crippen LogP contribution in [0.5, 0.6) is 0 Å². The number of halogens is 1. The molecule has 58 valence electrons. The number of aliphatic imine (C=N–C) groups is 1. The van der Waals surface area contributed by atoms with Crippen molar-refractivity contribution < 1.29 is 0 Å². The highest BCUT2D eigenvalue weighted by Crippen LogP contribution is 2.32. The van der Waals surface area contributed by atoms with Gasteiger partial charge in [-0.2, -0.15) is 0 Å². The van der Waals surface area contributed by atoms with Crippen molar-refractivity contribution in [3.05, 3.63) is 23.3 Å². The van der Waals surface area contributed by atoms with Crippen LogP contribution in [0.3, 0.4) is 0 Å². The first-order valence-electron chi connectivity index (χ1n) is 3.52. The van der Waals surface area contributed by atoms with Gasteiger partial charge in [0, 0.05) is 5.03 Å². The lowest BCUT2D eigenvalue weighted by molar-refractivity contribution is 0.859. The van der Waals surface area contributed by atoms with E-state index in [1.54, 1.807) is 11.8 Å². The minimum absolute atomic E-state index is 0.336. The molecule has 2 unspecified atom stereocenters. The zero-order chi connectivity index (χ0) is 7.84. The van der Waals surface area contributed by atoms with Gasteiger partial charge in [0.05, 0.1) is 16.3 Å². The van der Waals surface area contributed by atoms with Gasteiger partial charge in [-0.3, -0.25) is 4.99 Å². The quantitative estimate of drug-likeness (QED) is 0.565. The number of fused-ring (bicyclic) bond motifs is 1. The van der Waals surface area contributed by atoms with Crippen LogP contribution >= 0.6 is 23.4 Å². The molecule has 0 aromatic rings. The average molecular weight is 186 g/mol. The van der Waals surface area contributed by atoms with Crippen LogP contribution in [-0.4, -0.2) is 16.3 Å². The normalized spacial score (nSPS) is 34.7. The molecule has 2 rings (SSSR count). The smallest absolute Gasteiger partial charge is 0.0850 e. The molecule has 0 aromatic heterocycles. The Morgan fingerprint density at radius 1 is 1.64 bits per heavy atom. The summed E-state index contributed by atoms with van der Waals surface area (Å²) in [4.78, 5) is 4.43. The minimum Gasteiger partial charge on any atom is -0.274 e. The van der Waals surface area contributed by atoms with Crippen molar-refractivity contribution in [2.45, 2.75) is 18.2 Å². The predicted molar refractivity (Wildman–Crippen MR) is 51.4 cm³/mol. The van der Waals surface area contributed by atoms with Gasteiger partial charge in [0.25, 0.3) is 0 Å². The molecule has 1 aliphatic heterocycles. The summed E-state index contributed by atoms with van der Waals surface area (Å²) in [5.74, 6) is 0. The van der Waals surface area contributed by atoms with Crippen molar-refractivity contribution in [3.8, 4) is 0 Å². The van der Waals surface area contributed by atoms with Crippen LogP contribution in [0, 0.1) is 0 Å². The van der Waals surface area contributed by atoms with Gasteiger partial charge in [0.2, 0.25) is 0 Å². The number of thioether (sulfide) groups is 1. The molecule has 1 heterocycles. The van der Waals surface area contributed by atoms with Crippen LogP contribution < -0.4 is 0 Å². The van der Waals surface area contributed by atoms with Gasteiger partial charge in [-0.05, 0) is 19.1 Å². The highest BCUT2D eigenvalue weighted by molar-refractivity contribution is 8.14. The van der Waals surface area contributed by atoms with Gasteiger partial charge in [-0.25, -0.2) is 0 Å². The molecule has 0 fully saturated rings. The van der Waals surface area contributed by atoms with Crippen molar-refractivity contribution in [1.82, 2.24) is 0 Å². The first-order chi connectivity index (χ1) is 5.25. The second-order valence-electron chi connectivity index (χ2n) is 2.63. The molecular weight excluding hydrogens is 178 g/mol. The molecule has 2 atom stereocenters. The molecule has 0 saturated carbocycles. The summed E-state index contributed by atoms with van der Waals surface area (Å²) >= 11 is 7.63. The molecule has 2 aliphatic rings. The fourth-order valence-electron chi connectivity index (χ4n) is 1.27. The molecule has 0 bridgehead atoms. The maximum atomic E-state index is 5.84. The third-order valence-corrected chi connectivity index (χ3v) is 3.14. The van der Waals surface area contributed by atoms with Crippen LogP contribution in [0.15, 0.2) is 28.3 Å². The molecule has 0 radical (unpaired) electrons. The highest BCUT2D eigenvalue weighted by Gasteiger charge is 2.26. The van der Waals surface area contributed by atoms with Crippen molar-refractivity contribution in [1.29, 1.82) is 0 Å². The maximum absolute atomic E-state index is 5.84. The summed E-state index contributed by atoms with van der Waals surface area (Å²) in [7, 11) is 0. The summed E-state index contributed by atoms with van der Waals surface area (Å²) < 4.78 is 0. The molecular formula is C8H8ClNS. The Labute approximate surface area is 75.2 Å². The first-order valence-corrected chi connectivity index (χ1v) is 4.78. The first kappa shape index (κ1) is 7.44. The molecule has 0 amide bonds. The maximum Gasteiger partial charge on any atom is 0.0850 e. The summed E-state index contributed by atoms with van der Waals surface area (Å²) in [6.45, 7) is 2.04. The number of hydrogen-bond acceptors (Lipinski definition) is 2. The van der Waals surface area contributed by atoms with Gasteiger partial charge >= 0.3 is 0 Å². The van der Waals surface area contributed by atoms with Gasteiger partial charge in [-0.1, -0.05) is 17.7 Å². The summed E-state index contributed by atoms with van der Waals surface area (Å²) in [6, 6.07) is 0.336. The van der Waals surface area contributed by atoms with Crippen molar-refractivity contribution in [3.63, 3.8) is 0 Å². The monoisotopic (exact) mass is 185 g/mol. The van der Waals surface area contributed by atoms with Crippen molar-refractivity contribution >= 4 is 28.4 Å². The van der Waals surface area contributed by atoms with E-state index in [0.717, 1.165) is 10.1 Å². The number of rotatable bonds is 0. The summed E-state index contributed by atoms with van der Waals surface area (Å²) in [5, 5.41) is 2.45. The van der Waals surface area contributed by atoms with Gasteiger partial charge in [0.15, 0.2) is 0 Å². The Morgan fingerprint density at radius 3 is 3.27 bits per heavy atom. The summed E-state index contributed by atoms with van der Waals surface area (Å²) in [6.07, 6.45) is 6.05. The van der Waals surface area contributed by atoms with E-state index in [2.05, 4.69) is 17.1 Å². The van der Waals surface area contributed by atoms with Crippen molar-refractivity contribution in [2.75, 3.05) is 0 Å². The Bertz CT molecular complexity index is 267. The van der Waals surface area contributed by atoms with E-state index in [1.807, 2.05) is 13.0 Å². The standard InChI is InChI=1S/C8H8ClNS/c1-5-10-7-3-2-6(9)4-8(7)11-5/h2-4,7-8H,1H3. The Kier molecular flexibility index (Phi) is 1.81. The molecule has 1 aliphatic carbocycles. The topological polar surface area (TPSA) is 12.4 Å². The van der Waals surface area contributed by atoms with Gasteiger partial charge in [-0.15, -0.1) is 11.8 Å². The van der Waals surface area contributed by atoms with E-state index < -0.39 is 0 Å². The van der Waals surface area contributed by atoms with E-state index in [4.69, 9.17) is 11.6 Å². The molecule has 0 aromatic carbocycles. The van der Waals surface area contributed by atoms with E-state index in [9.17, 15) is 0 Å². The molecule has 11 heavy (non-hydrogen) atoms. The van der Waals surface area contributed by atoms with E-state index in [-0.39, 0.29) is 0 Å². The third-order valence-electron chi connectivity index (χ3n) is 1.75. The minimum atomic E-state index is 0.336. The lowest BCUT2D eigenvalue weighted by atomic mass is 10.1. The van der Waals surface area contributed by atoms with Crippen molar-refractivity contribution in [2.24, 2.45) is 4.99 Å². The molecule has 3 heteroatoms. The highest BCUT2D eigenvalue weighted by atomic mass is 35.5. The fourth-order valence-corrected chi connectivity index (χ4v) is 2.63. The molecule has 1 nitrogen and oxygen atoms in total. The van der Waals surface area contributed by atoms with E-state index in [0.29, 0.717) is 11.3 Å². The number of hydrogen-bond donors (Lipinski definition) is 0. The predicted octanol–water partition coefficient (Wildman–Crippen LogP) is 2.58. The zero-order valence-corrected chi connectivity index (χ0v) is 7.69. The average Bonchev–Trinajstić information content (AvgIpc) is 2.27. The van der Waals surface area contributed by atoms with E-state index in [1.165, 1.54) is 0 Å². The van der Waals surface area contributed by atoms with Crippen LogP contribution in [0.25, 0.3) is 0 Å². The lowest BCUT2D eigenvalue weighted by Gasteiger charge is -2.12. The number of nitrogens with zero attached hydrogens (tertiary/aromatic N) is 1. The largest absolute Gasteiger partial charge is 0.274 e. The summed E-state index contributed by atoms with van der Waals surface area (Å²) in [5.41, 5.74) is 0. The van der Waals surface area contributed by atoms with Crippen LogP contribution in [-0.2, 0) is 0 Å². The fraction of sp³-hybridized carbons (Fsp3) is 0.375. The zero-order valence-electron chi connectivity index (χ0n) is 6.12. The van der Waals surface area contributed by atoms with Crippen LogP contribution in [0.4, 0.5) is 0 Å². The van der Waals surface area contributed by atoms with Gasteiger partial charge in [0.1, 0.15) is 0 Å². The molecule has 0 spiro atoms. The number of allylic oxidation sites excluding steroid dienone is 2. The molecule has 0 saturated heterocycles. The van der Waals surface area contributed by atoms with Crippen LogP contribution in [0.2, 0.25) is 0 Å². The Balaban J connectivity index is 2.25. The SMILES string of the molecule is CC1=NC2C=CC(Cl)=CC2S1. The second-order valence-corrected chi connectivity index (χ2v) is 4.44. The second kappa shape index (κ2) is 2.68. The van der Waals surface area contributed by atoms with E-state index >= 15 is 0 Å².